The standard InChI is InChI=1S/C30H50N7O17P3S/c1-4-5-6-7-8-9-10-21(39)58-14-13-32-20(38)11-12-33-28(42)25(41)30(2,3)16-51-57(48,49)54-56(46,47)50-15-19-24(53-55(43,44)45)23(40)29(52-19)37-18-36-22-26(31)34-17-35-27(22)37/h8-9,17-19,23-25,29,40-41H,4-7,10-16H2,1-3H3,(H,32,38)(H,33,42)(H,46,47)(H,48,49)(H2,31,34,35)(H2,43,44,45)/b9-8+. The van der Waals surface area contributed by atoms with Gasteiger partial charge in [0.15, 0.2) is 22.8 Å². The van der Waals surface area contributed by atoms with Crippen molar-refractivity contribution in [3.05, 3.63) is 24.8 Å². The topological polar surface area (TPSA) is 364 Å². The number of anilines is 1. The van der Waals surface area contributed by atoms with Crippen molar-refractivity contribution in [2.45, 2.75) is 89.9 Å². The second-order valence-electron chi connectivity index (χ2n) is 13.5. The molecule has 2 aromatic rings. The summed E-state index contributed by atoms with van der Waals surface area (Å²) in [6.07, 6.45) is 1.47. The number of thioether (sulfide) groups is 1. The quantitative estimate of drug-likeness (QED) is 0.0384. The number of carbonyl (C=O) groups is 3. The summed E-state index contributed by atoms with van der Waals surface area (Å²) in [6.45, 7) is 2.63. The Kier molecular flexibility index (Phi) is 19.0. The number of amides is 2. The van der Waals surface area contributed by atoms with E-state index in [1.807, 2.05) is 12.2 Å². The molecule has 58 heavy (non-hydrogen) atoms. The van der Waals surface area contributed by atoms with Gasteiger partial charge in [-0.05, 0) is 12.8 Å². The molecule has 7 atom stereocenters. The van der Waals surface area contributed by atoms with Crippen LogP contribution in [0.4, 0.5) is 5.82 Å². The second kappa shape index (κ2) is 22.2. The first-order valence-electron chi connectivity index (χ1n) is 17.8. The fraction of sp³-hybridized carbons (Fsp3) is 0.667. The molecule has 1 saturated heterocycles. The minimum absolute atomic E-state index is 0.0297. The molecule has 0 radical (unpaired) electrons. The Morgan fingerprint density at radius 2 is 1.76 bits per heavy atom. The Bertz CT molecular complexity index is 1880. The van der Waals surface area contributed by atoms with Crippen molar-refractivity contribution in [2.24, 2.45) is 5.41 Å². The van der Waals surface area contributed by atoms with Crippen molar-refractivity contribution < 1.29 is 80.5 Å². The number of nitrogens with zero attached hydrogens (tertiary/aromatic N) is 4. The van der Waals surface area contributed by atoms with E-state index in [-0.39, 0.29) is 41.6 Å². The minimum atomic E-state index is -5.57. The van der Waals surface area contributed by atoms with Gasteiger partial charge in [-0.1, -0.05) is 57.5 Å². The van der Waals surface area contributed by atoms with Crippen molar-refractivity contribution in [3.8, 4) is 0 Å². The molecule has 2 aromatic heterocycles. The van der Waals surface area contributed by atoms with E-state index in [1.54, 1.807) is 0 Å². The maximum absolute atomic E-state index is 12.7. The smallest absolute Gasteiger partial charge is 0.386 e. The molecular weight excluding hydrogens is 855 g/mol. The molecule has 28 heteroatoms. The number of allylic oxidation sites excluding steroid dienone is 2. The molecule has 328 valence electrons. The zero-order valence-corrected chi connectivity index (χ0v) is 35.3. The van der Waals surface area contributed by atoms with Gasteiger partial charge in [-0.25, -0.2) is 28.6 Å². The highest BCUT2D eigenvalue weighted by Gasteiger charge is 2.50. The summed E-state index contributed by atoms with van der Waals surface area (Å²) in [4.78, 5) is 87.6. The summed E-state index contributed by atoms with van der Waals surface area (Å²) in [6, 6.07) is 0. The van der Waals surface area contributed by atoms with Gasteiger partial charge in [-0.2, -0.15) is 4.31 Å². The molecule has 1 fully saturated rings. The monoisotopic (exact) mass is 905 g/mol. The van der Waals surface area contributed by atoms with Gasteiger partial charge in [0.1, 0.15) is 36.3 Å². The number of nitrogen functional groups attached to an aromatic ring is 1. The molecule has 1 aliphatic heterocycles. The fourth-order valence-corrected chi connectivity index (χ4v) is 8.64. The number of ether oxygens (including phenoxy) is 1. The molecule has 0 saturated carbocycles. The van der Waals surface area contributed by atoms with Crippen molar-refractivity contribution in [1.82, 2.24) is 30.2 Å². The van der Waals surface area contributed by atoms with Crippen LogP contribution in [0.1, 0.15) is 65.5 Å². The van der Waals surface area contributed by atoms with E-state index in [0.717, 1.165) is 54.7 Å². The number of nitrogens with two attached hydrogens (primary N) is 1. The van der Waals surface area contributed by atoms with Crippen LogP contribution in [0, 0.1) is 5.41 Å². The van der Waals surface area contributed by atoms with E-state index in [9.17, 15) is 57.9 Å². The molecule has 2 amide bonds. The third kappa shape index (κ3) is 16.1. The lowest BCUT2D eigenvalue weighted by Gasteiger charge is -2.30. The third-order valence-corrected chi connectivity index (χ3v) is 12.2. The highest BCUT2D eigenvalue weighted by molar-refractivity contribution is 8.13. The number of aliphatic hydroxyl groups is 2. The van der Waals surface area contributed by atoms with Gasteiger partial charge < -0.3 is 50.9 Å². The average molecular weight is 906 g/mol. The summed E-state index contributed by atoms with van der Waals surface area (Å²) in [5, 5.41) is 26.4. The summed E-state index contributed by atoms with van der Waals surface area (Å²) in [5.74, 6) is -1.09. The van der Waals surface area contributed by atoms with Crippen LogP contribution in [0.2, 0.25) is 0 Å². The molecule has 7 unspecified atom stereocenters. The van der Waals surface area contributed by atoms with Gasteiger partial charge in [0.05, 0.1) is 19.5 Å². The lowest BCUT2D eigenvalue weighted by Crippen LogP contribution is -2.46. The van der Waals surface area contributed by atoms with E-state index in [4.69, 9.17) is 19.5 Å². The molecule has 1 aliphatic rings. The number of aromatic nitrogens is 4. The zero-order valence-electron chi connectivity index (χ0n) is 31.8. The first kappa shape index (κ1) is 49.7. The van der Waals surface area contributed by atoms with Gasteiger partial charge >= 0.3 is 23.5 Å². The third-order valence-electron chi connectivity index (χ3n) is 8.19. The minimum Gasteiger partial charge on any atom is -0.386 e. The number of fused-ring (bicyclic) bond motifs is 1. The second-order valence-corrected chi connectivity index (χ2v) is 18.8. The number of imidazole rings is 1. The van der Waals surface area contributed by atoms with E-state index in [0.29, 0.717) is 12.2 Å². The predicted octanol–water partition coefficient (Wildman–Crippen LogP) is 1.19. The van der Waals surface area contributed by atoms with Gasteiger partial charge in [0, 0.05) is 37.1 Å². The molecule has 3 heterocycles. The van der Waals surface area contributed by atoms with Crippen LogP contribution in [0.15, 0.2) is 24.8 Å². The number of aliphatic hydroxyl groups excluding tert-OH is 2. The predicted molar refractivity (Wildman–Crippen MR) is 205 cm³/mol. The first-order chi connectivity index (χ1) is 27.1. The largest absolute Gasteiger partial charge is 0.481 e. The molecule has 0 aliphatic carbocycles. The maximum atomic E-state index is 12.7. The van der Waals surface area contributed by atoms with Crippen LogP contribution in [-0.2, 0) is 50.7 Å². The highest BCUT2D eigenvalue weighted by Crippen LogP contribution is 2.61. The lowest BCUT2D eigenvalue weighted by atomic mass is 9.87. The van der Waals surface area contributed by atoms with Crippen LogP contribution in [-0.4, -0.2) is 123 Å². The first-order valence-corrected chi connectivity index (χ1v) is 23.3. The lowest BCUT2D eigenvalue weighted by molar-refractivity contribution is -0.137. The van der Waals surface area contributed by atoms with Gasteiger partial charge in [-0.15, -0.1) is 0 Å². The summed E-state index contributed by atoms with van der Waals surface area (Å²) < 4.78 is 62.2. The van der Waals surface area contributed by atoms with Crippen LogP contribution in [0.25, 0.3) is 11.2 Å². The Balaban J connectivity index is 1.44. The SMILES string of the molecule is CCCCC/C=C/CC(=O)SCCNC(=O)CCNC(=O)C(O)C(C)(C)COP(=O)(O)OP(=O)(O)OCC1OC(n2cnc3c(N)ncnc32)C(O)C1OP(=O)(O)O. The molecule has 3 rings (SSSR count). The van der Waals surface area contributed by atoms with Crippen LogP contribution in [0.3, 0.4) is 0 Å². The number of carbonyl (C=O) groups excluding carboxylic acids is 3. The van der Waals surface area contributed by atoms with E-state index >= 15 is 0 Å². The van der Waals surface area contributed by atoms with Crippen LogP contribution in [0.5, 0.6) is 0 Å². The number of unbranched alkanes of at least 4 members (excludes halogenated alkanes) is 3. The zero-order chi connectivity index (χ0) is 43.3. The average Bonchev–Trinajstić information content (AvgIpc) is 3.69. The number of nitrogens with one attached hydrogen (secondary N) is 2. The van der Waals surface area contributed by atoms with Gasteiger partial charge in [-0.3, -0.25) is 32.5 Å². The molecule has 24 nitrogen and oxygen atoms in total. The molecule has 10 N–H and O–H groups in total. The fourth-order valence-electron chi connectivity index (χ4n) is 5.16. The number of hydrogen-bond acceptors (Lipinski definition) is 18. The molecule has 0 bridgehead atoms. The van der Waals surface area contributed by atoms with Crippen molar-refractivity contribution in [1.29, 1.82) is 0 Å². The Morgan fingerprint density at radius 3 is 2.45 bits per heavy atom. The number of phosphoric acid groups is 3. The number of hydrogen-bond donors (Lipinski definition) is 9. The summed E-state index contributed by atoms with van der Waals surface area (Å²) in [7, 11) is -16.4. The molecule has 0 aromatic carbocycles. The Labute approximate surface area is 337 Å². The molecular formula is C30H50N7O17P3S. The van der Waals surface area contributed by atoms with Gasteiger partial charge in [0.25, 0.3) is 0 Å². The number of rotatable bonds is 25. The van der Waals surface area contributed by atoms with Gasteiger partial charge in [0.2, 0.25) is 11.8 Å². The van der Waals surface area contributed by atoms with E-state index < -0.39 is 84.6 Å². The van der Waals surface area contributed by atoms with E-state index in [1.165, 1.54) is 13.8 Å². The summed E-state index contributed by atoms with van der Waals surface area (Å²) >= 11 is 1.09. The van der Waals surface area contributed by atoms with Crippen molar-refractivity contribution >= 4 is 69.1 Å². The molecule has 0 spiro atoms. The normalized spacial score (nSPS) is 21.5. The van der Waals surface area contributed by atoms with E-state index in [2.05, 4.69) is 41.3 Å². The maximum Gasteiger partial charge on any atom is 0.481 e. The number of phosphoric ester groups is 3. The summed E-state index contributed by atoms with van der Waals surface area (Å²) in [5.41, 5.74) is 4.27. The Morgan fingerprint density at radius 1 is 1.05 bits per heavy atom. The van der Waals surface area contributed by atoms with Crippen LogP contribution < -0.4 is 16.4 Å². The van der Waals surface area contributed by atoms with Crippen LogP contribution >= 0.6 is 35.2 Å². The van der Waals surface area contributed by atoms with Crippen molar-refractivity contribution in [2.75, 3.05) is 37.8 Å². The highest BCUT2D eigenvalue weighted by atomic mass is 32.2. The van der Waals surface area contributed by atoms with Crippen molar-refractivity contribution in [3.63, 3.8) is 0 Å². The Hall–Kier alpha value is -2.70.